The number of nitrogens with zero attached hydrogens (tertiary/aromatic N) is 16. The van der Waals surface area contributed by atoms with Gasteiger partial charge in [0, 0.05) is 144 Å². The molecule has 12 aliphatic heterocycles. The van der Waals surface area contributed by atoms with Crippen LogP contribution < -0.4 is 10.2 Å². The van der Waals surface area contributed by atoms with Crippen molar-refractivity contribution in [2.45, 2.75) is 128 Å². The van der Waals surface area contributed by atoms with Crippen LogP contribution in [0.25, 0.3) is 0 Å². The van der Waals surface area contributed by atoms with E-state index in [1.165, 1.54) is 116 Å². The molecule has 0 aliphatic carbocycles. The monoisotopic (exact) mass is 1030 g/mol. The van der Waals surface area contributed by atoms with Gasteiger partial charge in [0.15, 0.2) is 0 Å². The molecule has 10 saturated heterocycles. The summed E-state index contributed by atoms with van der Waals surface area (Å²) in [6.07, 6.45) is 25.1. The third kappa shape index (κ3) is 8.56. The molecule has 18 nitrogen and oxygen atoms in total. The quantitative estimate of drug-likeness (QED) is 0.135. The highest BCUT2D eigenvalue weighted by Crippen LogP contribution is 2.84. The van der Waals surface area contributed by atoms with E-state index in [4.69, 9.17) is 27.1 Å². The average Bonchev–Trinajstić information content (AvgIpc) is 4.21. The van der Waals surface area contributed by atoms with Crippen molar-refractivity contribution in [2.24, 2.45) is 27.1 Å². The lowest BCUT2D eigenvalue weighted by molar-refractivity contribution is 0.363. The van der Waals surface area contributed by atoms with Crippen LogP contribution in [0.4, 0.5) is 0 Å². The fourth-order valence-corrected chi connectivity index (χ4v) is 45.1. The maximum atomic E-state index is 6.41. The number of unbranched alkanes of at least 4 members (excludes halogenated alkanes) is 1. The molecule has 12 rings (SSSR count). The summed E-state index contributed by atoms with van der Waals surface area (Å²) in [6.45, 7) is 24.7. The zero-order valence-electron chi connectivity index (χ0n) is 40.5. The topological polar surface area (TPSA) is 131 Å². The summed E-state index contributed by atoms with van der Waals surface area (Å²) in [5.41, 5.74) is 0. The van der Waals surface area contributed by atoms with E-state index in [9.17, 15) is 0 Å². The molecule has 2 N–H and O–H groups in total. The first-order valence-electron chi connectivity index (χ1n) is 27.4. The Bertz CT molecular complexity index is 1790. The number of nitrogens with one attached hydrogen (secondary N) is 2. The van der Waals surface area contributed by atoms with Crippen molar-refractivity contribution < 1.29 is 0 Å². The summed E-state index contributed by atoms with van der Waals surface area (Å²) < 4.78 is 66.8. The Morgan fingerprint density at radius 2 is 0.485 bits per heavy atom. The van der Waals surface area contributed by atoms with Gasteiger partial charge in [-0.1, -0.05) is 0 Å². The predicted molar refractivity (Wildman–Crippen MR) is 280 cm³/mol. The number of hydrogen-bond acceptors (Lipinski definition) is 18. The molecule has 2 unspecified atom stereocenters. The van der Waals surface area contributed by atoms with Crippen LogP contribution in [-0.4, -0.2) is 191 Å². The van der Waals surface area contributed by atoms with Crippen molar-refractivity contribution in [3.8, 4) is 0 Å². The molecule has 0 amide bonds. The molecule has 2 atom stereocenters. The fourth-order valence-electron chi connectivity index (χ4n) is 13.4. The summed E-state index contributed by atoms with van der Waals surface area (Å²) in [5, 5.41) is 8.55. The SMILES string of the molecule is C(CCN1CCCNP12=NP(N1CCCC1)(N1CCCC1)=NP(N1CCCC1)(N1CCCC1)=N2)CN1CCCNP12=NP(N1CCCC1)(N1CCCC1)=NP(N1CCCC1)(N1CCCC1)=N2. The Morgan fingerprint density at radius 1 is 0.258 bits per heavy atom. The summed E-state index contributed by atoms with van der Waals surface area (Å²) in [7, 11) is -14.3. The third-order valence-corrected chi connectivity index (χ3v) is 41.5. The highest BCUT2D eigenvalue weighted by Gasteiger charge is 2.54. The first kappa shape index (κ1) is 47.9. The molecule has 0 aromatic rings. The predicted octanol–water partition coefficient (Wildman–Crippen LogP) is 10.8. The van der Waals surface area contributed by atoms with Crippen LogP contribution in [-0.2, 0) is 0 Å². The zero-order chi connectivity index (χ0) is 44.1. The van der Waals surface area contributed by atoms with Gasteiger partial charge in [0.25, 0.3) is 0 Å². The van der Waals surface area contributed by atoms with Crippen molar-refractivity contribution in [3.05, 3.63) is 0 Å². The molecule has 66 heavy (non-hydrogen) atoms. The van der Waals surface area contributed by atoms with Crippen molar-refractivity contribution >= 4 is 45.0 Å². The molecule has 0 radical (unpaired) electrons. The third-order valence-electron chi connectivity index (χ3n) is 16.9. The molecule has 24 heteroatoms. The minimum atomic E-state index is -2.45. The average molecular weight is 1030 g/mol. The maximum absolute atomic E-state index is 6.41. The minimum Gasteiger partial charge on any atom is -0.253 e. The lowest BCUT2D eigenvalue weighted by Gasteiger charge is -2.50. The van der Waals surface area contributed by atoms with Gasteiger partial charge < -0.3 is 0 Å². The van der Waals surface area contributed by atoms with E-state index in [0.717, 1.165) is 157 Å². The Labute approximate surface area is 399 Å². The highest BCUT2D eigenvalue weighted by atomic mass is 31.3. The maximum Gasteiger partial charge on any atom is 0.221 e. The number of rotatable bonds is 13. The highest BCUT2D eigenvalue weighted by molar-refractivity contribution is 7.84. The van der Waals surface area contributed by atoms with Gasteiger partial charge in [0.05, 0.1) is 0 Å². The first-order chi connectivity index (χ1) is 32.5. The molecule has 0 saturated carbocycles. The largest absolute Gasteiger partial charge is 0.253 e. The normalized spacial score (nSPS) is 36.5. The molecule has 374 valence electrons. The van der Waals surface area contributed by atoms with E-state index >= 15 is 0 Å². The van der Waals surface area contributed by atoms with Gasteiger partial charge in [-0.25, -0.2) is 46.7 Å². The summed E-state index contributed by atoms with van der Waals surface area (Å²) in [6, 6.07) is 0. The van der Waals surface area contributed by atoms with Gasteiger partial charge >= 0.3 is 0 Å². The molecule has 0 aromatic heterocycles. The smallest absolute Gasteiger partial charge is 0.221 e. The van der Waals surface area contributed by atoms with E-state index in [2.05, 4.69) is 56.9 Å². The van der Waals surface area contributed by atoms with E-state index < -0.39 is 45.0 Å². The second-order valence-electron chi connectivity index (χ2n) is 21.2. The van der Waals surface area contributed by atoms with Gasteiger partial charge in [-0.05, 0) is 128 Å². The van der Waals surface area contributed by atoms with E-state index in [-0.39, 0.29) is 0 Å². The molecular formula is C42H86N18P6. The van der Waals surface area contributed by atoms with Gasteiger partial charge in [0.1, 0.15) is 0 Å². The van der Waals surface area contributed by atoms with E-state index in [1.54, 1.807) is 0 Å². The van der Waals surface area contributed by atoms with Crippen molar-refractivity contribution in [3.63, 3.8) is 0 Å². The molecule has 2 spiro atoms. The summed E-state index contributed by atoms with van der Waals surface area (Å²) >= 11 is 0. The minimum absolute atomic E-state index is 1.02. The zero-order valence-corrected chi connectivity index (χ0v) is 45.9. The van der Waals surface area contributed by atoms with Crippen molar-refractivity contribution in [1.82, 2.24) is 56.9 Å². The fraction of sp³-hybridized carbons (Fsp3) is 1.00. The molecular weight excluding hydrogens is 942 g/mol. The summed E-state index contributed by atoms with van der Waals surface area (Å²) in [4.78, 5) is 0. The van der Waals surface area contributed by atoms with E-state index in [0.29, 0.717) is 0 Å². The second-order valence-corrected chi connectivity index (χ2v) is 38.4. The molecule has 0 bridgehead atoms. The summed E-state index contributed by atoms with van der Waals surface area (Å²) in [5.74, 6) is 0. The van der Waals surface area contributed by atoms with Crippen LogP contribution >= 0.6 is 45.0 Å². The van der Waals surface area contributed by atoms with Gasteiger partial charge in [-0.15, -0.1) is 0 Å². The van der Waals surface area contributed by atoms with E-state index in [1.807, 2.05) is 0 Å². The van der Waals surface area contributed by atoms with Crippen LogP contribution in [0.5, 0.6) is 0 Å². The van der Waals surface area contributed by atoms with Crippen molar-refractivity contribution in [2.75, 3.05) is 144 Å². The van der Waals surface area contributed by atoms with Crippen molar-refractivity contribution in [1.29, 1.82) is 0 Å². The van der Waals surface area contributed by atoms with Crippen LogP contribution in [0, 0.1) is 0 Å². The lowest BCUT2D eigenvalue weighted by Crippen LogP contribution is -2.40. The van der Waals surface area contributed by atoms with Crippen LogP contribution in [0.15, 0.2) is 27.1 Å². The Morgan fingerprint density at radius 3 is 0.727 bits per heavy atom. The molecule has 10 fully saturated rings. The van der Waals surface area contributed by atoms with Gasteiger partial charge in [-0.2, -0.15) is 27.1 Å². The van der Waals surface area contributed by atoms with Crippen LogP contribution in [0.1, 0.15) is 128 Å². The Hall–Kier alpha value is 0.900. The molecule has 12 aliphatic rings. The standard InChI is InChI=1S/C42H86N18P6/c1(23-51-41-19-21-43-61(51)45-63(53-25-3-4-26-53,54-27-5-6-28-54)49-64(46-61,55-29-7-8-30-55)56-31-9-10-32-56)2-24-52-42-20-22-44-62(52)47-65(57-33-11-12-34-57,58-35-13-14-36-58)50-66(48-62,59-37-15-16-38-59)60-39-17-18-40-60/h43-44H,1-42H2. The van der Waals surface area contributed by atoms with Gasteiger partial charge in [-0.3, -0.25) is 10.2 Å². The Balaban J connectivity index is 0.906. The van der Waals surface area contributed by atoms with Gasteiger partial charge in [0.2, 0.25) is 45.0 Å². The lowest BCUT2D eigenvalue weighted by atomic mass is 10.3. The molecule has 12 heterocycles. The number of hydrogen-bond donors (Lipinski definition) is 2. The Kier molecular flexibility index (Phi) is 14.7. The second kappa shape index (κ2) is 20.3. The van der Waals surface area contributed by atoms with Crippen LogP contribution in [0.2, 0.25) is 0 Å². The van der Waals surface area contributed by atoms with Crippen LogP contribution in [0.3, 0.4) is 0 Å². The molecule has 0 aromatic carbocycles. The first-order valence-corrected chi connectivity index (χ1v) is 37.1.